The third-order valence-corrected chi connectivity index (χ3v) is 4.52. The smallest absolute Gasteiger partial charge is 0.131 e. The van der Waals surface area contributed by atoms with E-state index < -0.39 is 0 Å². The normalized spacial score (nSPS) is 20.6. The second kappa shape index (κ2) is 4.53. The first-order valence-corrected chi connectivity index (χ1v) is 7.06. The van der Waals surface area contributed by atoms with Gasteiger partial charge in [0.05, 0.1) is 17.3 Å². The minimum atomic E-state index is 0.851. The fourth-order valence-corrected chi connectivity index (χ4v) is 2.91. The Morgan fingerprint density at radius 1 is 1.31 bits per heavy atom. The van der Waals surface area contributed by atoms with Crippen molar-refractivity contribution in [2.24, 2.45) is 17.8 Å². The van der Waals surface area contributed by atoms with Gasteiger partial charge in [0.1, 0.15) is 5.76 Å². The van der Waals surface area contributed by atoms with Crippen LogP contribution in [0.4, 0.5) is 0 Å². The van der Waals surface area contributed by atoms with Gasteiger partial charge in [-0.1, -0.05) is 0 Å². The summed E-state index contributed by atoms with van der Waals surface area (Å²) in [5.41, 5.74) is 0. The second-order valence-corrected chi connectivity index (χ2v) is 6.02. The standard InChI is InChI=1S/C13H18BrNO/c14-12-5-6-16-13(12)8-15-7-11(9-1-2-9)10-3-4-10/h5-6,9-11,15H,1-4,7-8H2. The number of hydrogen-bond donors (Lipinski definition) is 1. The van der Waals surface area contributed by atoms with Crippen molar-refractivity contribution >= 4 is 15.9 Å². The molecule has 16 heavy (non-hydrogen) atoms. The van der Waals surface area contributed by atoms with Gasteiger partial charge in [0.25, 0.3) is 0 Å². The molecule has 3 heteroatoms. The predicted octanol–water partition coefficient (Wildman–Crippen LogP) is 3.57. The van der Waals surface area contributed by atoms with Gasteiger partial charge in [0.15, 0.2) is 0 Å². The van der Waals surface area contributed by atoms with Crippen LogP contribution < -0.4 is 5.32 Å². The number of rotatable bonds is 6. The van der Waals surface area contributed by atoms with Gasteiger partial charge in [-0.2, -0.15) is 0 Å². The molecule has 1 heterocycles. The average molecular weight is 284 g/mol. The fraction of sp³-hybridized carbons (Fsp3) is 0.692. The molecule has 0 radical (unpaired) electrons. The Kier molecular flexibility index (Phi) is 3.07. The second-order valence-electron chi connectivity index (χ2n) is 5.16. The molecule has 2 saturated carbocycles. The van der Waals surface area contributed by atoms with Crippen LogP contribution >= 0.6 is 15.9 Å². The molecular weight excluding hydrogens is 266 g/mol. The van der Waals surface area contributed by atoms with E-state index in [-0.39, 0.29) is 0 Å². The topological polar surface area (TPSA) is 25.2 Å². The van der Waals surface area contributed by atoms with E-state index in [0.29, 0.717) is 0 Å². The van der Waals surface area contributed by atoms with E-state index in [9.17, 15) is 0 Å². The van der Waals surface area contributed by atoms with Crippen LogP contribution in [0.5, 0.6) is 0 Å². The molecule has 0 atom stereocenters. The highest BCUT2D eigenvalue weighted by Gasteiger charge is 2.40. The maximum absolute atomic E-state index is 5.39. The Hall–Kier alpha value is -0.280. The molecule has 2 aliphatic rings. The minimum Gasteiger partial charge on any atom is -0.467 e. The van der Waals surface area contributed by atoms with Crippen LogP contribution in [-0.4, -0.2) is 6.54 Å². The molecule has 2 fully saturated rings. The largest absolute Gasteiger partial charge is 0.467 e. The Labute approximate surface area is 105 Å². The maximum atomic E-state index is 5.39. The zero-order chi connectivity index (χ0) is 11.0. The zero-order valence-electron chi connectivity index (χ0n) is 9.42. The van der Waals surface area contributed by atoms with E-state index in [4.69, 9.17) is 4.42 Å². The molecule has 1 N–H and O–H groups in total. The van der Waals surface area contributed by atoms with Gasteiger partial charge in [-0.3, -0.25) is 0 Å². The van der Waals surface area contributed by atoms with E-state index in [1.165, 1.54) is 32.2 Å². The molecule has 3 rings (SSSR count). The molecule has 0 spiro atoms. The first-order chi connectivity index (χ1) is 7.84. The van der Waals surface area contributed by atoms with Crippen molar-refractivity contribution in [3.8, 4) is 0 Å². The Bertz CT molecular complexity index is 343. The Morgan fingerprint density at radius 3 is 2.50 bits per heavy atom. The summed E-state index contributed by atoms with van der Waals surface area (Å²) in [5.74, 6) is 4.01. The molecule has 2 aliphatic carbocycles. The van der Waals surface area contributed by atoms with Gasteiger partial charge in [0.2, 0.25) is 0 Å². The summed E-state index contributed by atoms with van der Waals surface area (Å²) in [6, 6.07) is 1.95. The van der Waals surface area contributed by atoms with Gasteiger partial charge < -0.3 is 9.73 Å². The first kappa shape index (κ1) is 10.8. The van der Waals surface area contributed by atoms with E-state index in [1.807, 2.05) is 6.07 Å². The number of nitrogens with one attached hydrogen (secondary N) is 1. The highest BCUT2D eigenvalue weighted by atomic mass is 79.9. The molecule has 0 amide bonds. The SMILES string of the molecule is Brc1ccoc1CNCC(C1CC1)C1CC1. The average Bonchev–Trinajstić information content (AvgIpc) is 3.15. The van der Waals surface area contributed by atoms with E-state index in [0.717, 1.165) is 34.5 Å². The van der Waals surface area contributed by atoms with Crippen LogP contribution in [-0.2, 0) is 6.54 Å². The lowest BCUT2D eigenvalue weighted by molar-refractivity contribution is 0.367. The van der Waals surface area contributed by atoms with Gasteiger partial charge in [-0.15, -0.1) is 0 Å². The molecule has 2 nitrogen and oxygen atoms in total. The van der Waals surface area contributed by atoms with Crippen molar-refractivity contribution in [3.63, 3.8) is 0 Å². The minimum absolute atomic E-state index is 0.851. The molecule has 0 unspecified atom stereocenters. The first-order valence-electron chi connectivity index (χ1n) is 6.27. The van der Waals surface area contributed by atoms with Crippen molar-refractivity contribution in [1.29, 1.82) is 0 Å². The molecular formula is C13H18BrNO. The van der Waals surface area contributed by atoms with Crippen molar-refractivity contribution in [3.05, 3.63) is 22.6 Å². The van der Waals surface area contributed by atoms with Crippen molar-refractivity contribution < 1.29 is 4.42 Å². The summed E-state index contributed by atoms with van der Waals surface area (Å²) in [6.07, 6.45) is 7.60. The predicted molar refractivity (Wildman–Crippen MR) is 67.1 cm³/mol. The highest BCUT2D eigenvalue weighted by molar-refractivity contribution is 9.10. The van der Waals surface area contributed by atoms with E-state index in [2.05, 4.69) is 21.2 Å². The van der Waals surface area contributed by atoms with Crippen molar-refractivity contribution in [1.82, 2.24) is 5.32 Å². The lowest BCUT2D eigenvalue weighted by Gasteiger charge is -2.15. The molecule has 1 aromatic heterocycles. The van der Waals surface area contributed by atoms with Crippen LogP contribution in [0.15, 0.2) is 21.2 Å². The lowest BCUT2D eigenvalue weighted by Crippen LogP contribution is -2.25. The highest BCUT2D eigenvalue weighted by Crippen LogP contribution is 2.48. The molecule has 1 aromatic rings. The van der Waals surface area contributed by atoms with Gasteiger partial charge in [0, 0.05) is 0 Å². The number of halogens is 1. The zero-order valence-corrected chi connectivity index (χ0v) is 11.0. The summed E-state index contributed by atoms with van der Waals surface area (Å²) < 4.78 is 6.47. The molecule has 0 aromatic carbocycles. The number of hydrogen-bond acceptors (Lipinski definition) is 2. The van der Waals surface area contributed by atoms with Crippen LogP contribution in [0.1, 0.15) is 31.4 Å². The van der Waals surface area contributed by atoms with Gasteiger partial charge >= 0.3 is 0 Å². The molecule has 0 bridgehead atoms. The maximum Gasteiger partial charge on any atom is 0.131 e. The molecule has 0 aliphatic heterocycles. The summed E-state index contributed by atoms with van der Waals surface area (Å²) in [4.78, 5) is 0. The summed E-state index contributed by atoms with van der Waals surface area (Å²) >= 11 is 3.48. The monoisotopic (exact) mass is 283 g/mol. The third-order valence-electron chi connectivity index (χ3n) is 3.81. The Morgan fingerprint density at radius 2 is 2.00 bits per heavy atom. The van der Waals surface area contributed by atoms with Crippen LogP contribution in [0.25, 0.3) is 0 Å². The van der Waals surface area contributed by atoms with Gasteiger partial charge in [-0.05, 0) is 72.0 Å². The molecule has 88 valence electrons. The van der Waals surface area contributed by atoms with Crippen LogP contribution in [0, 0.1) is 17.8 Å². The quantitative estimate of drug-likeness (QED) is 0.864. The van der Waals surface area contributed by atoms with Crippen LogP contribution in [0.3, 0.4) is 0 Å². The Balaban J connectivity index is 1.46. The van der Waals surface area contributed by atoms with Crippen molar-refractivity contribution in [2.75, 3.05) is 6.54 Å². The lowest BCUT2D eigenvalue weighted by atomic mass is 9.98. The van der Waals surface area contributed by atoms with E-state index in [1.54, 1.807) is 6.26 Å². The molecule has 0 saturated heterocycles. The fourth-order valence-electron chi connectivity index (χ4n) is 2.57. The third kappa shape index (κ3) is 2.51. The van der Waals surface area contributed by atoms with Crippen molar-refractivity contribution in [2.45, 2.75) is 32.2 Å². The van der Waals surface area contributed by atoms with Crippen LogP contribution in [0.2, 0.25) is 0 Å². The summed E-state index contributed by atoms with van der Waals surface area (Å²) in [7, 11) is 0. The summed E-state index contributed by atoms with van der Waals surface area (Å²) in [6.45, 7) is 2.02. The summed E-state index contributed by atoms with van der Waals surface area (Å²) in [5, 5.41) is 3.55. The van der Waals surface area contributed by atoms with E-state index >= 15 is 0 Å². The number of furan rings is 1. The van der Waals surface area contributed by atoms with Gasteiger partial charge in [-0.25, -0.2) is 0 Å².